The Morgan fingerprint density at radius 1 is 1.00 bits per heavy atom. The van der Waals surface area contributed by atoms with Crippen LogP contribution in [0.25, 0.3) is 0 Å². The van der Waals surface area contributed by atoms with Gasteiger partial charge in [-0.2, -0.15) is 0 Å². The average molecular weight is 287 g/mol. The molecule has 0 unspecified atom stereocenters. The molecule has 1 rings (SSSR count). The topological polar surface area (TPSA) is 57.2 Å². The smallest absolute Gasteiger partial charge is 0.0988 e. The van der Waals surface area contributed by atoms with Crippen LogP contribution in [0.3, 0.4) is 0 Å². The van der Waals surface area contributed by atoms with Crippen LogP contribution < -0.4 is 0 Å². The maximum absolute atomic E-state index is 10.2. The molecule has 0 bridgehead atoms. The third kappa shape index (κ3) is 8.75. The summed E-state index contributed by atoms with van der Waals surface area (Å²) in [7, 11) is -1.84. The Labute approximate surface area is 117 Å². The summed E-state index contributed by atoms with van der Waals surface area (Å²) in [5, 5.41) is 0. The lowest BCUT2D eigenvalue weighted by Crippen LogP contribution is -2.42. The lowest BCUT2D eigenvalue weighted by molar-refractivity contribution is -0.904. The lowest BCUT2D eigenvalue weighted by Gasteiger charge is -2.30. The van der Waals surface area contributed by atoms with E-state index in [4.69, 9.17) is 0 Å². The molecule has 0 saturated heterocycles. The Hall–Kier alpha value is -0.910. The van der Waals surface area contributed by atoms with Crippen LogP contribution in [0.5, 0.6) is 0 Å². The van der Waals surface area contributed by atoms with E-state index in [-0.39, 0.29) is 0 Å². The van der Waals surface area contributed by atoms with Gasteiger partial charge < -0.3 is 9.04 Å². The number of benzene rings is 1. The molecule has 0 aliphatic rings. The van der Waals surface area contributed by atoms with Gasteiger partial charge in [0.15, 0.2) is 0 Å². The van der Waals surface area contributed by atoms with Crippen LogP contribution in [-0.4, -0.2) is 44.1 Å². The van der Waals surface area contributed by atoms with Crippen molar-refractivity contribution in [1.82, 2.24) is 0 Å². The predicted octanol–water partition coefficient (Wildman–Crippen LogP) is 2.22. The van der Waals surface area contributed by atoms with E-state index in [0.717, 1.165) is 0 Å². The average Bonchev–Trinajstić information content (AvgIpc) is 2.38. The van der Waals surface area contributed by atoms with Crippen molar-refractivity contribution in [2.24, 2.45) is 0 Å². The number of quaternary nitrogens is 1. The fourth-order valence-corrected chi connectivity index (χ4v) is 2.05. The minimum absolute atomic E-state index is 0.423. The van der Waals surface area contributed by atoms with Crippen LogP contribution in [0.1, 0.15) is 26.3 Å². The molecule has 0 radical (unpaired) electrons. The summed E-state index contributed by atoms with van der Waals surface area (Å²) in [6.45, 7) is 10.5. The van der Waals surface area contributed by atoms with Crippen LogP contribution in [0.2, 0.25) is 0 Å². The molecule has 0 amide bonds. The first-order valence-corrected chi connectivity index (χ1v) is 8.15. The van der Waals surface area contributed by atoms with Crippen molar-refractivity contribution in [1.29, 1.82) is 0 Å². The summed E-state index contributed by atoms with van der Waals surface area (Å²) in [6.07, 6.45) is 0. The molecule has 0 aliphatic carbocycles. The van der Waals surface area contributed by atoms with Crippen molar-refractivity contribution in [2.45, 2.75) is 26.5 Å². The standard InChI is InChI=1S/C7H18N.C7H8O3S/c1-5-8(4,6-2)7-3;8-11(9,10)6-7-4-2-1-3-5-7/h5-7H2,1-4H3;1-5H,6H2,(H,8,9,10)/q+1;/p-1. The van der Waals surface area contributed by atoms with Gasteiger partial charge in [-0.15, -0.1) is 0 Å². The highest BCUT2D eigenvalue weighted by Gasteiger charge is 2.10. The summed E-state index contributed by atoms with van der Waals surface area (Å²) in [5.74, 6) is -0.423. The Morgan fingerprint density at radius 2 is 1.42 bits per heavy atom. The number of hydrogen-bond donors (Lipinski definition) is 0. The van der Waals surface area contributed by atoms with Gasteiger partial charge in [-0.1, -0.05) is 30.3 Å². The van der Waals surface area contributed by atoms with Gasteiger partial charge in [0.2, 0.25) is 0 Å². The van der Waals surface area contributed by atoms with E-state index in [0.29, 0.717) is 5.56 Å². The van der Waals surface area contributed by atoms with Gasteiger partial charge >= 0.3 is 0 Å². The quantitative estimate of drug-likeness (QED) is 0.616. The van der Waals surface area contributed by atoms with E-state index in [9.17, 15) is 13.0 Å². The van der Waals surface area contributed by atoms with Crippen LogP contribution >= 0.6 is 0 Å². The molecule has 0 aromatic heterocycles. The molecule has 1 aromatic rings. The predicted molar refractivity (Wildman–Crippen MR) is 77.7 cm³/mol. The maximum Gasteiger partial charge on any atom is 0.0988 e. The lowest BCUT2D eigenvalue weighted by atomic mass is 10.2. The molecule has 0 spiro atoms. The van der Waals surface area contributed by atoms with Gasteiger partial charge in [0.05, 0.1) is 42.6 Å². The van der Waals surface area contributed by atoms with Gasteiger partial charge in [-0.05, 0) is 26.3 Å². The van der Waals surface area contributed by atoms with E-state index in [1.807, 2.05) is 0 Å². The summed E-state index contributed by atoms with van der Waals surface area (Å²) >= 11 is 0. The van der Waals surface area contributed by atoms with Crippen LogP contribution in [0, 0.1) is 0 Å². The SMILES string of the molecule is CC[N+](C)(CC)CC.O=S(=O)([O-])Cc1ccccc1. The third-order valence-corrected chi connectivity index (χ3v) is 4.16. The fourth-order valence-electron chi connectivity index (χ4n) is 1.45. The van der Waals surface area contributed by atoms with Crippen molar-refractivity contribution >= 4 is 10.1 Å². The Balaban J connectivity index is 0.000000362. The Bertz CT molecular complexity index is 431. The first-order valence-electron chi connectivity index (χ1n) is 6.57. The molecular weight excluding hydrogens is 262 g/mol. The van der Waals surface area contributed by atoms with E-state index in [1.54, 1.807) is 30.3 Å². The first kappa shape index (κ1) is 18.1. The van der Waals surface area contributed by atoms with Crippen molar-refractivity contribution in [3.05, 3.63) is 35.9 Å². The Kier molecular flexibility index (Phi) is 7.90. The van der Waals surface area contributed by atoms with E-state index < -0.39 is 15.9 Å². The van der Waals surface area contributed by atoms with Gasteiger partial charge in [-0.25, -0.2) is 8.42 Å². The molecule has 0 aliphatic heterocycles. The fraction of sp³-hybridized carbons (Fsp3) is 0.571. The normalized spacial score (nSPS) is 11.6. The van der Waals surface area contributed by atoms with Gasteiger partial charge in [0, 0.05) is 0 Å². The molecule has 0 N–H and O–H groups in total. The van der Waals surface area contributed by atoms with E-state index in [1.165, 1.54) is 24.1 Å². The summed E-state index contributed by atoms with van der Waals surface area (Å²) in [5.41, 5.74) is 0.530. The molecule has 0 saturated carbocycles. The molecule has 19 heavy (non-hydrogen) atoms. The number of nitrogens with zero attached hydrogens (tertiary/aromatic N) is 1. The highest BCUT2D eigenvalue weighted by atomic mass is 32.2. The molecule has 0 fully saturated rings. The zero-order valence-electron chi connectivity index (χ0n) is 12.3. The highest BCUT2D eigenvalue weighted by molar-refractivity contribution is 7.84. The monoisotopic (exact) mass is 287 g/mol. The second kappa shape index (κ2) is 8.30. The largest absolute Gasteiger partial charge is 0.748 e. The van der Waals surface area contributed by atoms with Crippen molar-refractivity contribution < 1.29 is 17.5 Å². The van der Waals surface area contributed by atoms with Crippen LogP contribution in [0.4, 0.5) is 0 Å². The first-order chi connectivity index (χ1) is 8.76. The molecule has 110 valence electrons. The third-order valence-electron chi connectivity index (χ3n) is 3.48. The van der Waals surface area contributed by atoms with Crippen molar-refractivity contribution in [3.8, 4) is 0 Å². The molecular formula is C14H25NO3S. The second-order valence-corrected chi connectivity index (χ2v) is 6.16. The minimum Gasteiger partial charge on any atom is -0.748 e. The van der Waals surface area contributed by atoms with Gasteiger partial charge in [0.1, 0.15) is 0 Å². The highest BCUT2D eigenvalue weighted by Crippen LogP contribution is 2.02. The number of hydrogen-bond acceptors (Lipinski definition) is 3. The molecule has 1 aromatic carbocycles. The van der Waals surface area contributed by atoms with Crippen LogP contribution in [-0.2, 0) is 15.9 Å². The molecule has 5 heteroatoms. The zero-order chi connectivity index (χ0) is 14.9. The summed E-state index contributed by atoms with van der Waals surface area (Å²) in [4.78, 5) is 0. The molecule has 4 nitrogen and oxygen atoms in total. The summed E-state index contributed by atoms with van der Waals surface area (Å²) < 4.78 is 31.9. The molecule has 0 atom stereocenters. The van der Waals surface area contributed by atoms with Gasteiger partial charge in [-0.3, -0.25) is 0 Å². The van der Waals surface area contributed by atoms with Crippen LogP contribution in [0.15, 0.2) is 30.3 Å². The zero-order valence-corrected chi connectivity index (χ0v) is 13.1. The molecule has 0 heterocycles. The van der Waals surface area contributed by atoms with Gasteiger partial charge in [0.25, 0.3) is 0 Å². The maximum atomic E-state index is 10.2. The second-order valence-electron chi connectivity index (χ2n) is 4.76. The van der Waals surface area contributed by atoms with Crippen molar-refractivity contribution in [2.75, 3.05) is 26.7 Å². The van der Waals surface area contributed by atoms with E-state index >= 15 is 0 Å². The minimum atomic E-state index is -4.13. The summed E-state index contributed by atoms with van der Waals surface area (Å²) in [6, 6.07) is 8.37. The van der Waals surface area contributed by atoms with Crippen molar-refractivity contribution in [3.63, 3.8) is 0 Å². The Morgan fingerprint density at radius 3 is 1.68 bits per heavy atom. The van der Waals surface area contributed by atoms with E-state index in [2.05, 4.69) is 27.8 Å². The number of rotatable bonds is 5.